The highest BCUT2D eigenvalue weighted by Crippen LogP contribution is 2.24. The molecule has 2 aromatic rings. The zero-order valence-corrected chi connectivity index (χ0v) is 17.1. The van der Waals surface area contributed by atoms with Crippen molar-refractivity contribution in [1.29, 1.82) is 0 Å². The average Bonchev–Trinajstić information content (AvgIpc) is 2.79. The number of carbonyl (C=O) groups excluding carboxylic acids is 1. The number of piperidine rings is 1. The zero-order chi connectivity index (χ0) is 20.1. The van der Waals surface area contributed by atoms with E-state index in [0.29, 0.717) is 19.6 Å². The molecule has 3 heterocycles. The number of carbonyl (C=O) groups is 1. The smallest absolute Gasteiger partial charge is 0.241 e. The van der Waals surface area contributed by atoms with Gasteiger partial charge in [0.1, 0.15) is 0 Å². The molecule has 1 N–H and O–H groups in total. The lowest BCUT2D eigenvalue weighted by atomic mass is 9.99. The van der Waals surface area contributed by atoms with Crippen LogP contribution in [0.5, 0.6) is 0 Å². The molecule has 4 rings (SSSR count). The Hall–Kier alpha value is -2.83. The van der Waals surface area contributed by atoms with Gasteiger partial charge in [-0.25, -0.2) is 9.97 Å². The van der Waals surface area contributed by atoms with Crippen LogP contribution in [0.15, 0.2) is 42.7 Å². The van der Waals surface area contributed by atoms with E-state index in [1.165, 1.54) is 18.5 Å². The maximum Gasteiger partial charge on any atom is 0.241 e. The minimum Gasteiger partial charge on any atom is -0.376 e. The number of benzene rings is 1. The van der Waals surface area contributed by atoms with E-state index < -0.39 is 0 Å². The van der Waals surface area contributed by atoms with Gasteiger partial charge in [0.15, 0.2) is 0 Å². The van der Waals surface area contributed by atoms with Crippen molar-refractivity contribution in [2.75, 3.05) is 60.9 Å². The number of anilines is 3. The molecule has 1 aromatic heterocycles. The van der Waals surface area contributed by atoms with Gasteiger partial charge in [-0.3, -0.25) is 4.79 Å². The molecular weight excluding hydrogens is 364 g/mol. The third-order valence-electron chi connectivity index (χ3n) is 5.93. The lowest BCUT2D eigenvalue weighted by molar-refractivity contribution is -0.129. The van der Waals surface area contributed by atoms with Gasteiger partial charge in [-0.15, -0.1) is 0 Å². The molecule has 0 aliphatic carbocycles. The van der Waals surface area contributed by atoms with Crippen molar-refractivity contribution in [2.24, 2.45) is 5.92 Å². The monoisotopic (exact) mass is 394 g/mol. The highest BCUT2D eigenvalue weighted by molar-refractivity contribution is 5.81. The van der Waals surface area contributed by atoms with Gasteiger partial charge in [0.05, 0.1) is 6.54 Å². The van der Waals surface area contributed by atoms with Crippen molar-refractivity contribution in [2.45, 2.75) is 19.8 Å². The largest absolute Gasteiger partial charge is 0.376 e. The van der Waals surface area contributed by atoms with Crippen LogP contribution in [-0.2, 0) is 4.79 Å². The van der Waals surface area contributed by atoms with Crippen LogP contribution in [0.3, 0.4) is 0 Å². The Morgan fingerprint density at radius 1 is 0.966 bits per heavy atom. The minimum atomic E-state index is 0.132. The fraction of sp³-hybridized carbons (Fsp3) is 0.500. The highest BCUT2D eigenvalue weighted by Gasteiger charge is 2.22. The van der Waals surface area contributed by atoms with E-state index >= 15 is 0 Å². The number of hydrogen-bond donors (Lipinski definition) is 1. The van der Waals surface area contributed by atoms with Crippen molar-refractivity contribution >= 4 is 23.2 Å². The summed E-state index contributed by atoms with van der Waals surface area (Å²) in [4.78, 5) is 27.6. The van der Waals surface area contributed by atoms with Gasteiger partial charge in [0.25, 0.3) is 0 Å². The first kappa shape index (κ1) is 19.5. The lowest BCUT2D eigenvalue weighted by Crippen LogP contribution is -2.50. The maximum absolute atomic E-state index is 12.6. The second-order valence-electron chi connectivity index (χ2n) is 7.99. The third-order valence-corrected chi connectivity index (χ3v) is 5.93. The number of aromatic nitrogens is 2. The molecule has 0 radical (unpaired) electrons. The zero-order valence-electron chi connectivity index (χ0n) is 17.1. The van der Waals surface area contributed by atoms with E-state index in [4.69, 9.17) is 0 Å². The number of nitrogens with zero attached hydrogens (tertiary/aromatic N) is 5. The maximum atomic E-state index is 12.6. The Kier molecular flexibility index (Phi) is 6.12. The number of hydrogen-bond acceptors (Lipinski definition) is 6. The number of rotatable bonds is 5. The fourth-order valence-corrected chi connectivity index (χ4v) is 3.96. The van der Waals surface area contributed by atoms with Gasteiger partial charge in [-0.1, -0.05) is 6.92 Å². The van der Waals surface area contributed by atoms with Gasteiger partial charge >= 0.3 is 0 Å². The summed E-state index contributed by atoms with van der Waals surface area (Å²) in [5.74, 6) is 1.70. The van der Waals surface area contributed by atoms with Crippen molar-refractivity contribution < 1.29 is 4.79 Å². The lowest BCUT2D eigenvalue weighted by Gasteiger charge is -2.34. The van der Waals surface area contributed by atoms with Crippen LogP contribution in [0.2, 0.25) is 0 Å². The normalized spacial score (nSPS) is 18.0. The van der Waals surface area contributed by atoms with Crippen LogP contribution in [0.4, 0.5) is 17.3 Å². The van der Waals surface area contributed by atoms with E-state index in [1.54, 1.807) is 12.4 Å². The predicted octanol–water partition coefficient (Wildman–Crippen LogP) is 2.47. The summed E-state index contributed by atoms with van der Waals surface area (Å²) in [6.07, 6.45) is 6.03. The number of nitrogens with one attached hydrogen (secondary N) is 1. The first-order valence-electron chi connectivity index (χ1n) is 10.6. The second kappa shape index (κ2) is 9.11. The summed E-state index contributed by atoms with van der Waals surface area (Å²) < 4.78 is 0. The molecule has 0 spiro atoms. The van der Waals surface area contributed by atoms with Crippen LogP contribution in [0.25, 0.3) is 0 Å². The Morgan fingerprint density at radius 3 is 2.28 bits per heavy atom. The molecule has 7 nitrogen and oxygen atoms in total. The highest BCUT2D eigenvalue weighted by atomic mass is 16.2. The summed E-state index contributed by atoms with van der Waals surface area (Å²) in [5.41, 5.74) is 2.26. The van der Waals surface area contributed by atoms with Crippen LogP contribution in [-0.4, -0.2) is 66.6 Å². The molecule has 29 heavy (non-hydrogen) atoms. The quantitative estimate of drug-likeness (QED) is 0.841. The molecule has 2 fully saturated rings. The molecule has 154 valence electrons. The van der Waals surface area contributed by atoms with Crippen LogP contribution in [0.1, 0.15) is 19.8 Å². The number of piperazine rings is 1. The Bertz CT molecular complexity index is 781. The molecule has 1 amide bonds. The summed E-state index contributed by atoms with van der Waals surface area (Å²) in [6, 6.07) is 10.3. The van der Waals surface area contributed by atoms with Crippen LogP contribution < -0.4 is 15.1 Å². The summed E-state index contributed by atoms with van der Waals surface area (Å²) in [5, 5.41) is 3.27. The number of amides is 1. The third kappa shape index (κ3) is 4.96. The summed E-state index contributed by atoms with van der Waals surface area (Å²) in [7, 11) is 0. The van der Waals surface area contributed by atoms with E-state index in [0.717, 1.165) is 43.7 Å². The van der Waals surface area contributed by atoms with E-state index in [-0.39, 0.29) is 5.91 Å². The predicted molar refractivity (Wildman–Crippen MR) is 116 cm³/mol. The molecule has 0 atom stereocenters. The van der Waals surface area contributed by atoms with Gasteiger partial charge in [-0.05, 0) is 49.1 Å². The van der Waals surface area contributed by atoms with Gasteiger partial charge < -0.3 is 20.0 Å². The Labute approximate surface area is 172 Å². The van der Waals surface area contributed by atoms with Gasteiger partial charge in [0.2, 0.25) is 11.9 Å². The van der Waals surface area contributed by atoms with Gasteiger partial charge in [-0.2, -0.15) is 0 Å². The Balaban J connectivity index is 1.23. The molecule has 0 saturated carbocycles. The standard InChI is InChI=1S/C22H30N6O/c1-18-7-11-26(12-8-18)20-5-3-19(4-6-20)25-17-21(29)27-13-15-28(16-14-27)22-23-9-2-10-24-22/h2-6,9-10,18,25H,7-8,11-17H2,1H3. The second-order valence-corrected chi connectivity index (χ2v) is 7.99. The first-order chi connectivity index (χ1) is 14.2. The Morgan fingerprint density at radius 2 is 1.62 bits per heavy atom. The van der Waals surface area contributed by atoms with E-state index in [2.05, 4.69) is 56.3 Å². The molecule has 7 heteroatoms. The van der Waals surface area contributed by atoms with E-state index in [9.17, 15) is 4.79 Å². The average molecular weight is 395 g/mol. The fourth-order valence-electron chi connectivity index (χ4n) is 3.96. The summed E-state index contributed by atoms with van der Waals surface area (Å²) in [6.45, 7) is 7.84. The van der Waals surface area contributed by atoms with Gasteiger partial charge in [0, 0.05) is 63.0 Å². The topological polar surface area (TPSA) is 64.6 Å². The molecular formula is C22H30N6O. The summed E-state index contributed by atoms with van der Waals surface area (Å²) >= 11 is 0. The first-order valence-corrected chi connectivity index (χ1v) is 10.6. The molecule has 2 saturated heterocycles. The molecule has 0 unspecified atom stereocenters. The molecule has 0 bridgehead atoms. The molecule has 2 aliphatic rings. The van der Waals surface area contributed by atoms with Crippen molar-refractivity contribution in [3.8, 4) is 0 Å². The minimum absolute atomic E-state index is 0.132. The SMILES string of the molecule is CC1CCN(c2ccc(NCC(=O)N3CCN(c4ncccn4)CC3)cc2)CC1. The van der Waals surface area contributed by atoms with Crippen molar-refractivity contribution in [1.82, 2.24) is 14.9 Å². The molecule has 2 aliphatic heterocycles. The van der Waals surface area contributed by atoms with Crippen LogP contribution in [0, 0.1) is 5.92 Å². The van der Waals surface area contributed by atoms with Crippen LogP contribution >= 0.6 is 0 Å². The van der Waals surface area contributed by atoms with Crippen molar-refractivity contribution in [3.63, 3.8) is 0 Å². The molecule has 1 aromatic carbocycles. The van der Waals surface area contributed by atoms with E-state index in [1.807, 2.05) is 11.0 Å². The van der Waals surface area contributed by atoms with Crippen molar-refractivity contribution in [3.05, 3.63) is 42.7 Å².